The Labute approximate surface area is 141 Å². The van der Waals surface area contributed by atoms with Gasteiger partial charge >= 0.3 is 0 Å². The molecule has 122 valence electrons. The molecule has 0 saturated heterocycles. The second kappa shape index (κ2) is 6.55. The minimum atomic E-state index is -3.73. The van der Waals surface area contributed by atoms with Crippen LogP contribution in [0.5, 0.6) is 0 Å². The predicted octanol–water partition coefficient (Wildman–Crippen LogP) is 2.80. The first-order chi connectivity index (χ1) is 11.0. The van der Waals surface area contributed by atoms with E-state index < -0.39 is 10.0 Å². The normalized spacial score (nSPS) is 14.5. The van der Waals surface area contributed by atoms with E-state index in [4.69, 9.17) is 11.6 Å². The van der Waals surface area contributed by atoms with Gasteiger partial charge in [-0.25, -0.2) is 23.1 Å². The smallest absolute Gasteiger partial charge is 0.222 e. The fourth-order valence-electron chi connectivity index (χ4n) is 2.72. The lowest BCUT2D eigenvalue weighted by molar-refractivity contribution is 0.564. The molecule has 5 nitrogen and oxygen atoms in total. The number of nitrogens with zero attached hydrogens (tertiary/aromatic N) is 2. The maximum atomic E-state index is 12.4. The van der Waals surface area contributed by atoms with Crippen LogP contribution >= 0.6 is 11.6 Å². The zero-order valence-electron chi connectivity index (χ0n) is 12.8. The van der Waals surface area contributed by atoms with Crippen LogP contribution in [0.25, 0.3) is 0 Å². The fourth-order valence-corrected chi connectivity index (χ4v) is 3.82. The summed E-state index contributed by atoms with van der Waals surface area (Å²) in [6.45, 7) is 2.03. The Morgan fingerprint density at radius 2 is 1.83 bits per heavy atom. The Bertz CT molecular complexity index is 820. The van der Waals surface area contributed by atoms with E-state index in [2.05, 4.69) is 14.7 Å². The molecule has 1 aliphatic rings. The average Bonchev–Trinajstić information content (AvgIpc) is 2.54. The summed E-state index contributed by atoms with van der Waals surface area (Å²) in [5.74, 6) is 0. The Morgan fingerprint density at radius 3 is 2.57 bits per heavy atom. The number of hydrogen-bond donors (Lipinski definition) is 1. The third kappa shape index (κ3) is 3.71. The molecule has 0 atom stereocenters. The van der Waals surface area contributed by atoms with Gasteiger partial charge in [0.2, 0.25) is 0 Å². The summed E-state index contributed by atoms with van der Waals surface area (Å²) < 4.78 is 27.4. The minimum Gasteiger partial charge on any atom is -0.222 e. The van der Waals surface area contributed by atoms with Gasteiger partial charge in [-0.2, -0.15) is 0 Å². The number of sulfonamides is 1. The fraction of sp³-hybridized carbons (Fsp3) is 0.375. The summed E-state index contributed by atoms with van der Waals surface area (Å²) >= 11 is 5.82. The summed E-state index contributed by atoms with van der Waals surface area (Å²) in [6, 6.07) is 7.02. The van der Waals surface area contributed by atoms with Gasteiger partial charge in [0, 0.05) is 23.0 Å². The molecule has 0 saturated carbocycles. The SMILES string of the molecule is Cc1nc(S(=O)(=O)NCc2ccc(Cl)cc2)nc2c1CCCC2. The quantitative estimate of drug-likeness (QED) is 0.860. The van der Waals surface area contributed by atoms with Crippen LogP contribution in [0, 0.1) is 6.92 Å². The van der Waals surface area contributed by atoms with E-state index in [1.54, 1.807) is 24.3 Å². The Morgan fingerprint density at radius 1 is 1.13 bits per heavy atom. The molecule has 7 heteroatoms. The van der Waals surface area contributed by atoms with E-state index in [0.29, 0.717) is 5.02 Å². The van der Waals surface area contributed by atoms with Gasteiger partial charge in [0.25, 0.3) is 15.2 Å². The van der Waals surface area contributed by atoms with Crippen molar-refractivity contribution in [3.63, 3.8) is 0 Å². The summed E-state index contributed by atoms with van der Waals surface area (Å²) in [7, 11) is -3.73. The number of fused-ring (bicyclic) bond motifs is 1. The lowest BCUT2D eigenvalue weighted by Gasteiger charge is -2.17. The van der Waals surface area contributed by atoms with Crippen molar-refractivity contribution in [2.45, 2.75) is 44.3 Å². The number of halogens is 1. The largest absolute Gasteiger partial charge is 0.276 e. The molecule has 0 fully saturated rings. The standard InChI is InChI=1S/C16H18ClN3O2S/c1-11-14-4-2-3-5-15(14)20-16(19-11)23(21,22)18-10-12-6-8-13(17)9-7-12/h6-9,18H,2-5,10H2,1H3. The van der Waals surface area contributed by atoms with E-state index in [1.807, 2.05) is 6.92 Å². The van der Waals surface area contributed by atoms with Crippen molar-refractivity contribution < 1.29 is 8.42 Å². The van der Waals surface area contributed by atoms with Crippen molar-refractivity contribution in [1.29, 1.82) is 0 Å². The average molecular weight is 352 g/mol. The van der Waals surface area contributed by atoms with Gasteiger partial charge in [-0.15, -0.1) is 0 Å². The zero-order valence-corrected chi connectivity index (χ0v) is 14.4. The van der Waals surface area contributed by atoms with Gasteiger partial charge in [0.15, 0.2) is 0 Å². The molecule has 1 heterocycles. The molecule has 1 N–H and O–H groups in total. The molecule has 0 spiro atoms. The van der Waals surface area contributed by atoms with E-state index in [1.165, 1.54) is 0 Å². The first kappa shape index (κ1) is 16.4. The van der Waals surface area contributed by atoms with Crippen LogP contribution in [0.1, 0.15) is 35.4 Å². The Balaban J connectivity index is 1.82. The summed E-state index contributed by atoms with van der Waals surface area (Å²) in [5.41, 5.74) is 3.57. The monoisotopic (exact) mass is 351 g/mol. The maximum Gasteiger partial charge on any atom is 0.276 e. The van der Waals surface area contributed by atoms with E-state index in [-0.39, 0.29) is 11.7 Å². The minimum absolute atomic E-state index is 0.135. The van der Waals surface area contributed by atoms with Crippen molar-refractivity contribution in [1.82, 2.24) is 14.7 Å². The summed E-state index contributed by atoms with van der Waals surface area (Å²) in [4.78, 5) is 8.49. The number of nitrogens with one attached hydrogen (secondary N) is 1. The van der Waals surface area contributed by atoms with Crippen molar-refractivity contribution in [2.75, 3.05) is 0 Å². The lowest BCUT2D eigenvalue weighted by atomic mass is 9.95. The first-order valence-electron chi connectivity index (χ1n) is 7.56. The molecule has 0 unspecified atom stereocenters. The molecule has 2 aromatic rings. The lowest BCUT2D eigenvalue weighted by Crippen LogP contribution is -2.26. The van der Waals surface area contributed by atoms with E-state index in [9.17, 15) is 8.42 Å². The molecule has 1 aromatic carbocycles. The molecule has 1 aliphatic carbocycles. The van der Waals surface area contributed by atoms with E-state index in [0.717, 1.165) is 48.2 Å². The number of hydrogen-bond acceptors (Lipinski definition) is 4. The molecule has 3 rings (SSSR count). The van der Waals surface area contributed by atoms with Gasteiger partial charge in [0.05, 0.1) is 0 Å². The first-order valence-corrected chi connectivity index (χ1v) is 9.42. The number of aromatic nitrogens is 2. The van der Waals surface area contributed by atoms with Crippen LogP contribution in [0.3, 0.4) is 0 Å². The molecule has 0 bridgehead atoms. The predicted molar refractivity (Wildman–Crippen MR) is 88.9 cm³/mol. The van der Waals surface area contributed by atoms with Crippen molar-refractivity contribution in [2.24, 2.45) is 0 Å². The maximum absolute atomic E-state index is 12.4. The van der Waals surface area contributed by atoms with Crippen LogP contribution in [0.15, 0.2) is 29.4 Å². The topological polar surface area (TPSA) is 72.0 Å². The molecule has 0 radical (unpaired) electrons. The third-order valence-corrected chi connectivity index (χ3v) is 5.43. The number of aryl methyl sites for hydroxylation is 2. The van der Waals surface area contributed by atoms with Crippen molar-refractivity contribution >= 4 is 21.6 Å². The van der Waals surface area contributed by atoms with Gasteiger partial charge in [-0.3, -0.25) is 0 Å². The van der Waals surface area contributed by atoms with E-state index >= 15 is 0 Å². The molecule has 0 aliphatic heterocycles. The van der Waals surface area contributed by atoms with Crippen LogP contribution in [-0.4, -0.2) is 18.4 Å². The van der Waals surface area contributed by atoms with Crippen LogP contribution in [-0.2, 0) is 29.4 Å². The number of benzene rings is 1. The van der Waals surface area contributed by atoms with Gasteiger partial charge < -0.3 is 0 Å². The summed E-state index contributed by atoms with van der Waals surface area (Å²) in [6.07, 6.45) is 3.90. The highest BCUT2D eigenvalue weighted by atomic mass is 35.5. The van der Waals surface area contributed by atoms with Gasteiger partial charge in [0.1, 0.15) is 0 Å². The second-order valence-electron chi connectivity index (χ2n) is 5.67. The highest BCUT2D eigenvalue weighted by molar-refractivity contribution is 7.89. The zero-order chi connectivity index (χ0) is 16.4. The molecule has 1 aromatic heterocycles. The number of rotatable bonds is 4. The molecular weight excluding hydrogens is 334 g/mol. The van der Waals surface area contributed by atoms with Crippen molar-refractivity contribution in [3.8, 4) is 0 Å². The Kier molecular flexibility index (Phi) is 4.66. The molecule has 0 amide bonds. The third-order valence-electron chi connectivity index (χ3n) is 3.99. The summed E-state index contributed by atoms with van der Waals surface area (Å²) in [5, 5.41) is 0.481. The van der Waals surface area contributed by atoms with Crippen molar-refractivity contribution in [3.05, 3.63) is 51.8 Å². The second-order valence-corrected chi connectivity index (χ2v) is 7.77. The van der Waals surface area contributed by atoms with Crippen LogP contribution < -0.4 is 4.72 Å². The van der Waals surface area contributed by atoms with Gasteiger partial charge in [-0.05, 0) is 55.9 Å². The molecular formula is C16H18ClN3O2S. The van der Waals surface area contributed by atoms with Crippen LogP contribution in [0.4, 0.5) is 0 Å². The molecule has 23 heavy (non-hydrogen) atoms. The Hall–Kier alpha value is -1.50. The van der Waals surface area contributed by atoms with Crippen LogP contribution in [0.2, 0.25) is 5.02 Å². The highest BCUT2D eigenvalue weighted by Gasteiger charge is 2.22. The van der Waals surface area contributed by atoms with Gasteiger partial charge in [-0.1, -0.05) is 23.7 Å². The highest BCUT2D eigenvalue weighted by Crippen LogP contribution is 2.22.